The Bertz CT molecular complexity index is 456. The molecule has 0 aliphatic heterocycles. The van der Waals surface area contributed by atoms with Crippen molar-refractivity contribution in [1.82, 2.24) is 9.97 Å². The molecule has 1 fully saturated rings. The molecular weight excluding hydrogens is 256 g/mol. The van der Waals surface area contributed by atoms with Crippen molar-refractivity contribution in [2.75, 3.05) is 5.32 Å². The van der Waals surface area contributed by atoms with Crippen LogP contribution in [-0.4, -0.2) is 28.0 Å². The average Bonchev–Trinajstić information content (AvgIpc) is 2.39. The van der Waals surface area contributed by atoms with E-state index in [2.05, 4.69) is 15.3 Å². The molecule has 3 N–H and O–H groups in total. The minimum atomic E-state index is -0.188. The van der Waals surface area contributed by atoms with E-state index < -0.39 is 0 Å². The number of hydrogen-bond donors (Lipinski definition) is 2. The smallest absolute Gasteiger partial charge is 0.226 e. The van der Waals surface area contributed by atoms with Crippen LogP contribution in [-0.2, 0) is 4.79 Å². The number of carbonyl (C=O) groups excluding carboxylic acids is 1. The number of nitrogens with two attached hydrogens (primary N) is 1. The summed E-state index contributed by atoms with van der Waals surface area (Å²) in [6, 6.07) is 2.04. The topological polar surface area (TPSA) is 90.1 Å². The molecule has 1 aliphatic rings. The van der Waals surface area contributed by atoms with Gasteiger partial charge in [-0.3, -0.25) is 4.79 Å². The van der Waals surface area contributed by atoms with Crippen LogP contribution < -0.4 is 15.8 Å². The minimum absolute atomic E-state index is 0.0181. The molecule has 1 aromatic heterocycles. The lowest BCUT2D eigenvalue weighted by Gasteiger charge is -2.27. The second kappa shape index (κ2) is 6.54. The predicted molar refractivity (Wildman–Crippen MR) is 76.4 cm³/mol. The van der Waals surface area contributed by atoms with E-state index in [1.54, 1.807) is 12.3 Å². The van der Waals surface area contributed by atoms with Gasteiger partial charge in [0.15, 0.2) is 0 Å². The van der Waals surface area contributed by atoms with Crippen molar-refractivity contribution in [2.45, 2.75) is 51.7 Å². The maximum Gasteiger partial charge on any atom is 0.226 e. The molecule has 0 atom stereocenters. The van der Waals surface area contributed by atoms with E-state index in [-0.39, 0.29) is 17.9 Å². The molecule has 1 amide bonds. The number of nitrogens with one attached hydrogen (secondary N) is 1. The minimum Gasteiger partial charge on any atom is -0.475 e. The van der Waals surface area contributed by atoms with Crippen molar-refractivity contribution >= 4 is 11.9 Å². The molecule has 1 aliphatic carbocycles. The third-order valence-electron chi connectivity index (χ3n) is 3.45. The Kier molecular flexibility index (Phi) is 4.76. The molecule has 0 aromatic carbocycles. The fourth-order valence-electron chi connectivity index (χ4n) is 2.42. The molecule has 20 heavy (non-hydrogen) atoms. The van der Waals surface area contributed by atoms with Crippen molar-refractivity contribution in [3.8, 4) is 5.88 Å². The molecule has 1 saturated carbocycles. The van der Waals surface area contributed by atoms with E-state index in [4.69, 9.17) is 10.5 Å². The van der Waals surface area contributed by atoms with Crippen molar-refractivity contribution < 1.29 is 9.53 Å². The Morgan fingerprint density at radius 1 is 1.40 bits per heavy atom. The van der Waals surface area contributed by atoms with E-state index >= 15 is 0 Å². The van der Waals surface area contributed by atoms with Crippen molar-refractivity contribution in [3.05, 3.63) is 12.3 Å². The SMILES string of the molecule is CC(C)Oc1ccnc(NC2CCC(C(N)=O)CC2)n1. The summed E-state index contributed by atoms with van der Waals surface area (Å²) in [5, 5.41) is 3.30. The zero-order chi connectivity index (χ0) is 14.5. The number of primary amides is 1. The summed E-state index contributed by atoms with van der Waals surface area (Å²) in [5.74, 6) is 0.977. The number of aromatic nitrogens is 2. The molecule has 1 heterocycles. The molecule has 6 nitrogen and oxygen atoms in total. The normalized spacial score (nSPS) is 22.6. The lowest BCUT2D eigenvalue weighted by molar-refractivity contribution is -0.122. The molecule has 0 unspecified atom stereocenters. The molecule has 0 spiro atoms. The summed E-state index contributed by atoms with van der Waals surface area (Å²) < 4.78 is 5.54. The van der Waals surface area contributed by atoms with Gasteiger partial charge in [0, 0.05) is 24.2 Å². The van der Waals surface area contributed by atoms with Crippen LogP contribution in [0.5, 0.6) is 5.88 Å². The summed E-state index contributed by atoms with van der Waals surface area (Å²) in [6.07, 6.45) is 5.24. The Labute approximate surface area is 119 Å². The van der Waals surface area contributed by atoms with E-state index in [9.17, 15) is 4.79 Å². The number of hydrogen-bond acceptors (Lipinski definition) is 5. The fraction of sp³-hybridized carbons (Fsp3) is 0.643. The lowest BCUT2D eigenvalue weighted by atomic mass is 9.86. The quantitative estimate of drug-likeness (QED) is 0.856. The van der Waals surface area contributed by atoms with Gasteiger partial charge in [0.25, 0.3) is 0 Å². The maximum atomic E-state index is 11.1. The Hall–Kier alpha value is -1.85. The van der Waals surface area contributed by atoms with Crippen molar-refractivity contribution in [2.24, 2.45) is 11.7 Å². The summed E-state index contributed by atoms with van der Waals surface area (Å²) in [7, 11) is 0. The molecule has 0 bridgehead atoms. The molecule has 110 valence electrons. The largest absolute Gasteiger partial charge is 0.475 e. The number of anilines is 1. The first-order chi connectivity index (χ1) is 9.54. The third kappa shape index (κ3) is 4.08. The monoisotopic (exact) mass is 278 g/mol. The van der Waals surface area contributed by atoms with Crippen LogP contribution in [0, 0.1) is 5.92 Å². The lowest BCUT2D eigenvalue weighted by Crippen LogP contribution is -2.32. The molecule has 1 aromatic rings. The van der Waals surface area contributed by atoms with Gasteiger partial charge in [0.1, 0.15) is 0 Å². The van der Waals surface area contributed by atoms with Gasteiger partial charge >= 0.3 is 0 Å². The Morgan fingerprint density at radius 3 is 2.70 bits per heavy atom. The van der Waals surface area contributed by atoms with Crippen LogP contribution >= 0.6 is 0 Å². The summed E-state index contributed by atoms with van der Waals surface area (Å²) in [5.41, 5.74) is 5.33. The van der Waals surface area contributed by atoms with Crippen LogP contribution in [0.4, 0.5) is 5.95 Å². The molecule has 0 radical (unpaired) electrons. The highest BCUT2D eigenvalue weighted by Crippen LogP contribution is 2.25. The second-order valence-corrected chi connectivity index (χ2v) is 5.48. The summed E-state index contributed by atoms with van der Waals surface area (Å²) in [4.78, 5) is 19.7. The summed E-state index contributed by atoms with van der Waals surface area (Å²) >= 11 is 0. The number of nitrogens with zero attached hydrogens (tertiary/aromatic N) is 2. The molecule has 0 saturated heterocycles. The van der Waals surface area contributed by atoms with E-state index in [1.165, 1.54) is 0 Å². The van der Waals surface area contributed by atoms with Gasteiger partial charge < -0.3 is 15.8 Å². The van der Waals surface area contributed by atoms with Crippen molar-refractivity contribution in [1.29, 1.82) is 0 Å². The van der Waals surface area contributed by atoms with Gasteiger partial charge in [0.05, 0.1) is 6.10 Å². The van der Waals surface area contributed by atoms with Crippen LogP contribution in [0.25, 0.3) is 0 Å². The fourth-order valence-corrected chi connectivity index (χ4v) is 2.42. The highest BCUT2D eigenvalue weighted by atomic mass is 16.5. The Balaban J connectivity index is 1.89. The second-order valence-electron chi connectivity index (χ2n) is 5.48. The first-order valence-corrected chi connectivity index (χ1v) is 7.10. The number of amides is 1. The first kappa shape index (κ1) is 14.6. The van der Waals surface area contributed by atoms with Gasteiger partial charge in [0.2, 0.25) is 17.7 Å². The van der Waals surface area contributed by atoms with E-state index in [0.717, 1.165) is 25.7 Å². The molecular formula is C14H22N4O2. The molecule has 6 heteroatoms. The first-order valence-electron chi connectivity index (χ1n) is 7.10. The van der Waals surface area contributed by atoms with Crippen molar-refractivity contribution in [3.63, 3.8) is 0 Å². The maximum absolute atomic E-state index is 11.1. The zero-order valence-electron chi connectivity index (χ0n) is 12.0. The zero-order valence-corrected chi connectivity index (χ0v) is 12.0. The van der Waals surface area contributed by atoms with E-state index in [0.29, 0.717) is 17.9 Å². The molecule has 2 rings (SSSR count). The number of rotatable bonds is 5. The van der Waals surface area contributed by atoms with Gasteiger partial charge in [-0.25, -0.2) is 4.98 Å². The number of ether oxygens (including phenoxy) is 1. The summed E-state index contributed by atoms with van der Waals surface area (Å²) in [6.45, 7) is 3.92. The van der Waals surface area contributed by atoms with Crippen LogP contribution in [0.3, 0.4) is 0 Å². The van der Waals surface area contributed by atoms with Gasteiger partial charge in [-0.05, 0) is 39.5 Å². The van der Waals surface area contributed by atoms with Crippen LogP contribution in [0.2, 0.25) is 0 Å². The van der Waals surface area contributed by atoms with Gasteiger partial charge in [-0.15, -0.1) is 0 Å². The highest BCUT2D eigenvalue weighted by Gasteiger charge is 2.24. The predicted octanol–water partition coefficient (Wildman–Crippen LogP) is 1.72. The van der Waals surface area contributed by atoms with Gasteiger partial charge in [-0.1, -0.05) is 0 Å². The number of carbonyl (C=O) groups is 1. The highest BCUT2D eigenvalue weighted by molar-refractivity contribution is 5.76. The third-order valence-corrected chi connectivity index (χ3v) is 3.45. The Morgan fingerprint density at radius 2 is 2.10 bits per heavy atom. The standard InChI is InChI=1S/C14H22N4O2/c1-9(2)20-12-7-8-16-14(18-12)17-11-5-3-10(4-6-11)13(15)19/h7-11H,3-6H2,1-2H3,(H2,15,19)(H,16,17,18). The van der Waals surface area contributed by atoms with Crippen LogP contribution in [0.1, 0.15) is 39.5 Å². The average molecular weight is 278 g/mol. The van der Waals surface area contributed by atoms with Crippen LogP contribution in [0.15, 0.2) is 12.3 Å². The van der Waals surface area contributed by atoms with E-state index in [1.807, 2.05) is 13.8 Å². The van der Waals surface area contributed by atoms with Gasteiger partial charge in [-0.2, -0.15) is 4.98 Å².